The summed E-state index contributed by atoms with van der Waals surface area (Å²) in [6, 6.07) is 12.5. The van der Waals surface area contributed by atoms with Crippen LogP contribution in [0.4, 0.5) is 15.3 Å². The Morgan fingerprint density at radius 2 is 1.61 bits per heavy atom. The molecule has 0 radical (unpaired) electrons. The Hall–Kier alpha value is -4.16. The molecule has 0 spiro atoms. The van der Waals surface area contributed by atoms with Gasteiger partial charge in [0.15, 0.2) is 6.10 Å². The van der Waals surface area contributed by atoms with Crippen LogP contribution in [0.2, 0.25) is 0 Å². The number of nitrogens with one attached hydrogen (secondary N) is 2. The second kappa shape index (κ2) is 14.4. The summed E-state index contributed by atoms with van der Waals surface area (Å²) in [5, 5.41) is 11.3. The number of piperazine rings is 1. The number of likely N-dealkylation sites (tertiary alicyclic amines) is 2. The van der Waals surface area contributed by atoms with Crippen molar-refractivity contribution < 1.29 is 19.1 Å². The molecule has 5 heterocycles. The highest BCUT2D eigenvalue weighted by molar-refractivity contribution is 5.91. The number of hydrogen-bond acceptors (Lipinski definition) is 7. The lowest BCUT2D eigenvalue weighted by molar-refractivity contribution is -0.144. The van der Waals surface area contributed by atoms with Crippen LogP contribution >= 0.6 is 0 Å². The predicted molar refractivity (Wildman–Crippen MR) is 189 cm³/mol. The third-order valence-electron chi connectivity index (χ3n) is 11.4. The topological polar surface area (TPSA) is 117 Å². The number of carbonyl (C=O) groups excluding carboxylic acids is 3. The molecule has 3 aromatic rings. The second-order valence-corrected chi connectivity index (χ2v) is 14.4. The van der Waals surface area contributed by atoms with E-state index in [4.69, 9.17) is 4.74 Å². The lowest BCUT2D eigenvalue weighted by atomic mass is 9.91. The number of amides is 4. The van der Waals surface area contributed by atoms with Gasteiger partial charge >= 0.3 is 12.1 Å². The molecule has 2 N–H and O–H groups in total. The Labute approximate surface area is 288 Å². The summed E-state index contributed by atoms with van der Waals surface area (Å²) in [6.45, 7) is 10.7. The van der Waals surface area contributed by atoms with Gasteiger partial charge in [-0.1, -0.05) is 31.2 Å². The molecule has 7 rings (SSSR count). The van der Waals surface area contributed by atoms with Gasteiger partial charge in [0.25, 0.3) is 5.91 Å². The molecule has 1 aromatic heterocycles. The maximum absolute atomic E-state index is 14.3. The van der Waals surface area contributed by atoms with Gasteiger partial charge in [-0.25, -0.2) is 9.59 Å². The number of fused-ring (bicyclic) bond motifs is 2. The van der Waals surface area contributed by atoms with Crippen molar-refractivity contribution in [3.05, 3.63) is 59.3 Å². The molecule has 2 aromatic carbocycles. The third-order valence-corrected chi connectivity index (χ3v) is 11.4. The number of ether oxygens (including phenoxy) is 1. The standard InChI is InChI=1S/C37H50N8O4/c1-25-22-28(23-29-24-38-40-33(25)29)26(2)34(35(46)43-20-18-42(19-21-43)30-9-13-41(3)14-10-30)49-37(48)44-15-11-31(12-16-44)45-17-8-27-6-4-5-7-32(27)39-36(45)47/h4-7,22-24,26,30-31,34H,8-21H2,1-3H3,(H,38,40)(H,39,47). The number of aryl methyl sites for hydroxylation is 1. The number of urea groups is 1. The largest absolute Gasteiger partial charge is 0.435 e. The van der Waals surface area contributed by atoms with Crippen LogP contribution in [-0.4, -0.2) is 137 Å². The highest BCUT2D eigenvalue weighted by Crippen LogP contribution is 2.30. The van der Waals surface area contributed by atoms with Crippen LogP contribution in [0.15, 0.2) is 42.6 Å². The van der Waals surface area contributed by atoms with Gasteiger partial charge in [0.1, 0.15) is 0 Å². The molecular weight excluding hydrogens is 620 g/mol. The maximum Gasteiger partial charge on any atom is 0.410 e. The van der Waals surface area contributed by atoms with Crippen LogP contribution in [0.25, 0.3) is 10.9 Å². The maximum atomic E-state index is 14.3. The first-order valence-electron chi connectivity index (χ1n) is 18.0. The van der Waals surface area contributed by atoms with E-state index in [0.717, 1.165) is 78.7 Å². The van der Waals surface area contributed by atoms with Crippen molar-refractivity contribution in [1.82, 2.24) is 34.7 Å². The number of aromatic amines is 1. The highest BCUT2D eigenvalue weighted by atomic mass is 16.6. The molecular formula is C37H50N8O4. The zero-order chi connectivity index (χ0) is 34.1. The van der Waals surface area contributed by atoms with Gasteiger partial charge in [0, 0.05) is 74.9 Å². The zero-order valence-electron chi connectivity index (χ0n) is 29.1. The smallest absolute Gasteiger partial charge is 0.410 e. The Kier molecular flexibility index (Phi) is 9.77. The summed E-state index contributed by atoms with van der Waals surface area (Å²) in [7, 11) is 2.18. The van der Waals surface area contributed by atoms with Crippen LogP contribution in [0.3, 0.4) is 0 Å². The number of anilines is 1. The van der Waals surface area contributed by atoms with Crippen molar-refractivity contribution in [3.63, 3.8) is 0 Å². The molecule has 3 saturated heterocycles. The quantitative estimate of drug-likeness (QED) is 0.403. The van der Waals surface area contributed by atoms with Gasteiger partial charge in [-0.05, 0) is 88.0 Å². The van der Waals surface area contributed by atoms with E-state index in [-0.39, 0.29) is 23.9 Å². The summed E-state index contributed by atoms with van der Waals surface area (Å²) >= 11 is 0. The van der Waals surface area contributed by atoms with E-state index in [2.05, 4.69) is 44.5 Å². The molecule has 4 amide bonds. The number of nitrogens with zero attached hydrogens (tertiary/aromatic N) is 6. The second-order valence-electron chi connectivity index (χ2n) is 14.4. The van der Waals surface area contributed by atoms with E-state index in [1.54, 1.807) is 11.1 Å². The minimum Gasteiger partial charge on any atom is -0.435 e. The number of benzene rings is 2. The zero-order valence-corrected chi connectivity index (χ0v) is 29.1. The van der Waals surface area contributed by atoms with E-state index in [0.29, 0.717) is 51.6 Å². The predicted octanol–water partition coefficient (Wildman–Crippen LogP) is 4.27. The molecule has 3 fully saturated rings. The molecule has 12 nitrogen and oxygen atoms in total. The first kappa shape index (κ1) is 33.3. The SMILES string of the molecule is Cc1cc(C(C)C(OC(=O)N2CCC(N3CCc4ccccc4NC3=O)CC2)C(=O)N2CCN(C3CCN(C)CC3)CC2)cc2cn[nH]c12. The minimum absolute atomic E-state index is 0.0280. The number of carbonyl (C=O) groups is 3. The van der Waals surface area contributed by atoms with Crippen molar-refractivity contribution >= 4 is 34.6 Å². The van der Waals surface area contributed by atoms with Crippen molar-refractivity contribution in [2.75, 3.05) is 71.3 Å². The van der Waals surface area contributed by atoms with Gasteiger partial charge in [0.05, 0.1) is 11.7 Å². The molecule has 262 valence electrons. The molecule has 4 aliphatic heterocycles. The van der Waals surface area contributed by atoms with Gasteiger partial charge in [-0.15, -0.1) is 0 Å². The normalized spacial score (nSPS) is 21.6. The first-order chi connectivity index (χ1) is 23.7. The van der Waals surface area contributed by atoms with Crippen molar-refractivity contribution in [1.29, 1.82) is 0 Å². The highest BCUT2D eigenvalue weighted by Gasteiger charge is 2.39. The number of H-pyrrole nitrogens is 1. The van der Waals surface area contributed by atoms with Crippen LogP contribution in [0.1, 0.15) is 55.2 Å². The summed E-state index contributed by atoms with van der Waals surface area (Å²) in [4.78, 5) is 51.7. The Balaban J connectivity index is 1.02. The fourth-order valence-corrected chi connectivity index (χ4v) is 8.20. The lowest BCUT2D eigenvalue weighted by Gasteiger charge is -2.43. The fourth-order valence-electron chi connectivity index (χ4n) is 8.20. The van der Waals surface area contributed by atoms with Gasteiger partial charge in [-0.2, -0.15) is 5.10 Å². The van der Waals surface area contributed by atoms with E-state index < -0.39 is 12.2 Å². The van der Waals surface area contributed by atoms with E-state index in [1.165, 1.54) is 0 Å². The number of hydrogen-bond donors (Lipinski definition) is 2. The Bertz CT molecular complexity index is 1650. The third kappa shape index (κ3) is 7.12. The van der Waals surface area contributed by atoms with Gasteiger partial charge in [0.2, 0.25) is 0 Å². The average Bonchev–Trinajstić information content (AvgIpc) is 3.54. The van der Waals surface area contributed by atoms with Crippen molar-refractivity contribution in [2.45, 2.75) is 70.1 Å². The average molecular weight is 671 g/mol. The van der Waals surface area contributed by atoms with Crippen LogP contribution < -0.4 is 5.32 Å². The van der Waals surface area contributed by atoms with Crippen molar-refractivity contribution in [2.24, 2.45) is 0 Å². The number of aromatic nitrogens is 2. The first-order valence-corrected chi connectivity index (χ1v) is 18.0. The van der Waals surface area contributed by atoms with Gasteiger partial charge in [-0.3, -0.25) is 14.8 Å². The Morgan fingerprint density at radius 1 is 0.898 bits per heavy atom. The molecule has 49 heavy (non-hydrogen) atoms. The molecule has 12 heteroatoms. The van der Waals surface area contributed by atoms with Gasteiger partial charge < -0.3 is 29.7 Å². The summed E-state index contributed by atoms with van der Waals surface area (Å²) in [6.07, 6.45) is 4.77. The molecule has 0 aliphatic carbocycles. The number of piperidine rings is 2. The number of para-hydroxylation sites is 1. The fraction of sp³-hybridized carbons (Fsp3) is 0.568. The molecule has 0 saturated carbocycles. The summed E-state index contributed by atoms with van der Waals surface area (Å²) < 4.78 is 6.23. The van der Waals surface area contributed by atoms with Crippen LogP contribution in [-0.2, 0) is 16.0 Å². The van der Waals surface area contributed by atoms with Crippen LogP contribution in [0, 0.1) is 6.92 Å². The minimum atomic E-state index is -0.959. The van der Waals surface area contributed by atoms with Crippen molar-refractivity contribution in [3.8, 4) is 0 Å². The van der Waals surface area contributed by atoms with E-state index in [1.807, 2.05) is 47.9 Å². The molecule has 2 atom stereocenters. The van der Waals surface area contributed by atoms with E-state index >= 15 is 0 Å². The van der Waals surface area contributed by atoms with E-state index in [9.17, 15) is 14.4 Å². The van der Waals surface area contributed by atoms with Crippen LogP contribution in [0.5, 0.6) is 0 Å². The monoisotopic (exact) mass is 670 g/mol. The lowest BCUT2D eigenvalue weighted by Crippen LogP contribution is -2.57. The Morgan fingerprint density at radius 3 is 2.37 bits per heavy atom. The molecule has 4 aliphatic rings. The molecule has 0 bridgehead atoms. The summed E-state index contributed by atoms with van der Waals surface area (Å²) in [5.74, 6) is -0.495. The summed E-state index contributed by atoms with van der Waals surface area (Å²) in [5.41, 5.74) is 4.93. The molecule has 2 unspecified atom stereocenters. The number of rotatable bonds is 6.